The van der Waals surface area contributed by atoms with Crippen LogP contribution in [0.1, 0.15) is 15.9 Å². The number of carbonyl (C=O) groups is 1. The molecule has 0 aliphatic carbocycles. The molecular formula is C26H18O2. The molecule has 0 fully saturated rings. The molecule has 0 bridgehead atoms. The second-order valence-electron chi connectivity index (χ2n) is 6.94. The summed E-state index contributed by atoms with van der Waals surface area (Å²) in [5.74, 6) is 0.723. The number of benzene rings is 5. The van der Waals surface area contributed by atoms with Gasteiger partial charge in [-0.25, -0.2) is 0 Å². The van der Waals surface area contributed by atoms with Crippen molar-refractivity contribution in [3.05, 3.63) is 96.1 Å². The van der Waals surface area contributed by atoms with E-state index in [4.69, 9.17) is 4.74 Å². The molecule has 2 nitrogen and oxygen atoms in total. The number of ketones is 1. The van der Waals surface area contributed by atoms with Crippen molar-refractivity contribution in [2.75, 3.05) is 7.11 Å². The summed E-state index contributed by atoms with van der Waals surface area (Å²) in [6.07, 6.45) is 3.56. The number of hydrogen-bond donors (Lipinski definition) is 0. The van der Waals surface area contributed by atoms with Crippen LogP contribution in [-0.2, 0) is 0 Å². The summed E-state index contributed by atoms with van der Waals surface area (Å²) >= 11 is 0. The fourth-order valence-electron chi connectivity index (χ4n) is 3.92. The summed E-state index contributed by atoms with van der Waals surface area (Å²) in [4.78, 5) is 12.6. The third-order valence-corrected chi connectivity index (χ3v) is 5.35. The molecule has 0 aromatic heterocycles. The molecule has 0 saturated carbocycles. The molecular weight excluding hydrogens is 344 g/mol. The van der Waals surface area contributed by atoms with Gasteiger partial charge < -0.3 is 4.74 Å². The minimum Gasteiger partial charge on any atom is -0.497 e. The lowest BCUT2D eigenvalue weighted by molar-refractivity contribution is 0.104. The molecule has 0 N–H and O–H groups in total. The second kappa shape index (κ2) is 6.50. The van der Waals surface area contributed by atoms with Gasteiger partial charge in [-0.15, -0.1) is 0 Å². The largest absolute Gasteiger partial charge is 0.497 e. The predicted molar refractivity (Wildman–Crippen MR) is 117 cm³/mol. The van der Waals surface area contributed by atoms with Crippen LogP contribution in [-0.4, -0.2) is 12.9 Å². The molecule has 0 radical (unpaired) electrons. The first kappa shape index (κ1) is 16.5. The maximum atomic E-state index is 12.6. The summed E-state index contributed by atoms with van der Waals surface area (Å²) in [5, 5.41) is 7.42. The Bertz CT molecular complexity index is 1330. The van der Waals surface area contributed by atoms with Gasteiger partial charge in [-0.1, -0.05) is 60.7 Å². The van der Waals surface area contributed by atoms with Crippen LogP contribution < -0.4 is 4.74 Å². The summed E-state index contributed by atoms with van der Waals surface area (Å²) in [7, 11) is 1.62. The number of carbonyl (C=O) groups excluding carboxylic acids is 1. The number of hydrogen-bond acceptors (Lipinski definition) is 2. The normalized spacial score (nSPS) is 11.8. The van der Waals surface area contributed by atoms with Crippen molar-refractivity contribution in [1.82, 2.24) is 0 Å². The van der Waals surface area contributed by atoms with Gasteiger partial charge in [-0.3, -0.25) is 4.79 Å². The van der Waals surface area contributed by atoms with Gasteiger partial charge in [0.15, 0.2) is 5.78 Å². The number of allylic oxidation sites excluding steroid dienone is 1. The van der Waals surface area contributed by atoms with Gasteiger partial charge in [0, 0.05) is 5.56 Å². The van der Waals surface area contributed by atoms with E-state index in [1.54, 1.807) is 37.5 Å². The molecule has 134 valence electrons. The summed E-state index contributed by atoms with van der Waals surface area (Å²) in [6, 6.07) is 26.4. The zero-order chi connectivity index (χ0) is 19.1. The lowest BCUT2D eigenvalue weighted by atomic mass is 9.92. The van der Waals surface area contributed by atoms with E-state index in [1.165, 1.54) is 32.3 Å². The molecule has 5 aromatic rings. The van der Waals surface area contributed by atoms with E-state index < -0.39 is 0 Å². The highest BCUT2D eigenvalue weighted by molar-refractivity contribution is 6.24. The van der Waals surface area contributed by atoms with Crippen molar-refractivity contribution in [1.29, 1.82) is 0 Å². The number of rotatable bonds is 4. The molecule has 2 heteroatoms. The molecule has 0 spiro atoms. The highest BCUT2D eigenvalue weighted by Gasteiger charge is 2.10. The Morgan fingerprint density at radius 2 is 1.39 bits per heavy atom. The van der Waals surface area contributed by atoms with Crippen molar-refractivity contribution in [3.8, 4) is 5.75 Å². The van der Waals surface area contributed by atoms with Gasteiger partial charge in [-0.2, -0.15) is 0 Å². The van der Waals surface area contributed by atoms with Crippen molar-refractivity contribution in [2.24, 2.45) is 0 Å². The van der Waals surface area contributed by atoms with E-state index in [1.807, 2.05) is 6.08 Å². The van der Waals surface area contributed by atoms with Gasteiger partial charge in [0.25, 0.3) is 0 Å². The summed E-state index contributed by atoms with van der Waals surface area (Å²) < 4.78 is 5.15. The Morgan fingerprint density at radius 3 is 2.11 bits per heavy atom. The van der Waals surface area contributed by atoms with E-state index in [0.29, 0.717) is 5.56 Å². The first-order chi connectivity index (χ1) is 13.7. The van der Waals surface area contributed by atoms with Crippen LogP contribution in [0.4, 0.5) is 0 Å². The standard InChI is InChI=1S/C26H18O2/c1-28-22-13-9-18(10-14-22)24(27)16-12-17-5-6-21-8-7-19-3-2-4-20-11-15-23(17)26(21)25(19)20/h2-16H,1H3/b16-12+. The SMILES string of the molecule is COc1ccc(C(=O)/C=C/c2ccc3ccc4cccc5ccc2c3c45)cc1. The van der Waals surface area contributed by atoms with Crippen LogP contribution in [0.3, 0.4) is 0 Å². The van der Waals surface area contributed by atoms with Crippen LogP contribution in [0.25, 0.3) is 38.4 Å². The molecule has 5 rings (SSSR count). The Morgan fingerprint density at radius 1 is 0.750 bits per heavy atom. The van der Waals surface area contributed by atoms with Crippen molar-refractivity contribution in [2.45, 2.75) is 0 Å². The minimum absolute atomic E-state index is 0.0200. The van der Waals surface area contributed by atoms with Gasteiger partial charge in [0.2, 0.25) is 0 Å². The van der Waals surface area contributed by atoms with E-state index in [-0.39, 0.29) is 5.78 Å². The smallest absolute Gasteiger partial charge is 0.185 e. The second-order valence-corrected chi connectivity index (χ2v) is 6.94. The third kappa shape index (κ3) is 2.62. The molecule has 5 aromatic carbocycles. The van der Waals surface area contributed by atoms with Crippen molar-refractivity contribution in [3.63, 3.8) is 0 Å². The van der Waals surface area contributed by atoms with Gasteiger partial charge in [-0.05, 0) is 68.2 Å². The first-order valence-corrected chi connectivity index (χ1v) is 9.27. The average Bonchev–Trinajstić information content (AvgIpc) is 2.76. The van der Waals surface area contributed by atoms with E-state index in [2.05, 4.69) is 54.6 Å². The Kier molecular flexibility index (Phi) is 3.84. The Hall–Kier alpha value is -3.65. The lowest BCUT2D eigenvalue weighted by Gasteiger charge is -2.12. The minimum atomic E-state index is -0.0200. The maximum absolute atomic E-state index is 12.6. The number of methoxy groups -OCH3 is 1. The highest BCUT2D eigenvalue weighted by atomic mass is 16.5. The zero-order valence-electron chi connectivity index (χ0n) is 15.5. The van der Waals surface area contributed by atoms with Gasteiger partial charge in [0.1, 0.15) is 5.75 Å². The van der Waals surface area contributed by atoms with Crippen LogP contribution in [0.15, 0.2) is 84.9 Å². The third-order valence-electron chi connectivity index (χ3n) is 5.35. The van der Waals surface area contributed by atoms with Crippen molar-refractivity contribution >= 4 is 44.2 Å². The Labute approximate surface area is 163 Å². The monoisotopic (exact) mass is 362 g/mol. The van der Waals surface area contributed by atoms with Crippen molar-refractivity contribution < 1.29 is 9.53 Å². The van der Waals surface area contributed by atoms with Gasteiger partial charge >= 0.3 is 0 Å². The summed E-state index contributed by atoms with van der Waals surface area (Å²) in [6.45, 7) is 0. The van der Waals surface area contributed by atoms with Crippen LogP contribution in [0.2, 0.25) is 0 Å². The van der Waals surface area contributed by atoms with Crippen LogP contribution in [0, 0.1) is 0 Å². The van der Waals surface area contributed by atoms with E-state index in [0.717, 1.165) is 11.3 Å². The molecule has 0 aliphatic heterocycles. The fourth-order valence-corrected chi connectivity index (χ4v) is 3.92. The Balaban J connectivity index is 1.60. The number of ether oxygens (including phenoxy) is 1. The molecule has 0 unspecified atom stereocenters. The molecule has 28 heavy (non-hydrogen) atoms. The van der Waals surface area contributed by atoms with Crippen LogP contribution in [0.5, 0.6) is 5.75 Å². The fraction of sp³-hybridized carbons (Fsp3) is 0.0385. The topological polar surface area (TPSA) is 26.3 Å². The zero-order valence-corrected chi connectivity index (χ0v) is 15.5. The molecule has 0 heterocycles. The lowest BCUT2D eigenvalue weighted by Crippen LogP contribution is -1.94. The maximum Gasteiger partial charge on any atom is 0.185 e. The van der Waals surface area contributed by atoms with E-state index in [9.17, 15) is 4.79 Å². The average molecular weight is 362 g/mol. The van der Waals surface area contributed by atoms with E-state index >= 15 is 0 Å². The summed E-state index contributed by atoms with van der Waals surface area (Å²) in [5.41, 5.74) is 1.70. The molecule has 0 aliphatic rings. The molecule has 0 amide bonds. The van der Waals surface area contributed by atoms with Crippen LogP contribution >= 0.6 is 0 Å². The molecule has 0 atom stereocenters. The first-order valence-electron chi connectivity index (χ1n) is 9.27. The van der Waals surface area contributed by atoms with Gasteiger partial charge in [0.05, 0.1) is 7.11 Å². The molecule has 0 saturated heterocycles. The quantitative estimate of drug-likeness (QED) is 0.207. The predicted octanol–water partition coefficient (Wildman–Crippen LogP) is 6.49. The highest BCUT2D eigenvalue weighted by Crippen LogP contribution is 2.36.